The monoisotopic (exact) mass is 434 g/mol. The van der Waals surface area contributed by atoms with Crippen molar-refractivity contribution in [2.45, 2.75) is 46.7 Å². The van der Waals surface area contributed by atoms with Gasteiger partial charge in [-0.15, -0.1) is 0 Å². The molecule has 0 spiro atoms. The molecule has 0 saturated heterocycles. The Labute approximate surface area is 170 Å². The van der Waals surface area contributed by atoms with Crippen LogP contribution < -0.4 is 3.27 Å². The van der Waals surface area contributed by atoms with Gasteiger partial charge in [0.25, 0.3) is 0 Å². The van der Waals surface area contributed by atoms with Crippen LogP contribution in [-0.4, -0.2) is 5.92 Å². The molecule has 4 rings (SSSR count). The average molecular weight is 436 g/mol. The summed E-state index contributed by atoms with van der Waals surface area (Å²) < 4.78 is 1.82. The maximum atomic E-state index is 2.55. The predicted octanol–water partition coefficient (Wildman–Crippen LogP) is 5.71. The van der Waals surface area contributed by atoms with Gasteiger partial charge in [0.2, 0.25) is 0 Å². The summed E-state index contributed by atoms with van der Waals surface area (Å²) in [5, 5.41) is 0. The van der Waals surface area contributed by atoms with Gasteiger partial charge in [0.15, 0.2) is 0 Å². The van der Waals surface area contributed by atoms with Crippen molar-refractivity contribution in [2.24, 2.45) is 5.41 Å². The van der Waals surface area contributed by atoms with Gasteiger partial charge in [0.05, 0.1) is 0 Å². The summed E-state index contributed by atoms with van der Waals surface area (Å²) in [5.74, 6) is -0.524. The van der Waals surface area contributed by atoms with Crippen molar-refractivity contribution in [3.8, 4) is 11.1 Å². The molecule has 0 aromatic heterocycles. The van der Waals surface area contributed by atoms with Crippen LogP contribution in [0.25, 0.3) is 16.7 Å². The van der Waals surface area contributed by atoms with E-state index in [4.69, 9.17) is 0 Å². The van der Waals surface area contributed by atoms with E-state index in [1.165, 1.54) is 22.3 Å². The Kier molecular flexibility index (Phi) is 4.86. The van der Waals surface area contributed by atoms with Gasteiger partial charge in [-0.25, -0.2) is 0 Å². The second kappa shape index (κ2) is 6.88. The first-order valence-electron chi connectivity index (χ1n) is 9.77. The number of benzene rings is 2. The average Bonchev–Trinajstić information content (AvgIpc) is 3.19. The van der Waals surface area contributed by atoms with Crippen LogP contribution in [-0.2, 0) is 28.8 Å². The van der Waals surface area contributed by atoms with E-state index in [-0.39, 0.29) is 5.41 Å². The first kappa shape index (κ1) is 18.4. The number of hydrogen-bond acceptors (Lipinski definition) is 0. The molecular weight excluding hydrogens is 408 g/mol. The third-order valence-electron chi connectivity index (χ3n) is 5.50. The van der Waals surface area contributed by atoms with E-state index in [0.717, 1.165) is 12.8 Å². The van der Waals surface area contributed by atoms with Crippen LogP contribution in [0.1, 0.15) is 43.9 Å². The zero-order chi connectivity index (χ0) is 18.5. The van der Waals surface area contributed by atoms with E-state index in [0.29, 0.717) is 0 Å². The van der Waals surface area contributed by atoms with Crippen molar-refractivity contribution in [1.82, 2.24) is 0 Å². The van der Waals surface area contributed by atoms with Crippen molar-refractivity contribution in [1.29, 1.82) is 0 Å². The van der Waals surface area contributed by atoms with Gasteiger partial charge in [0.1, 0.15) is 0 Å². The first-order chi connectivity index (χ1) is 12.3. The molecule has 132 valence electrons. The SMILES string of the molecule is C[SiH](C)[Zr][c]1c(C2=CC(C(C)(C)C)=CC2)ccc2c1Cc1ccccc1-2. The fraction of sp³-hybridized carbons (Fsp3) is 0.333. The van der Waals surface area contributed by atoms with Gasteiger partial charge in [-0.3, -0.25) is 0 Å². The van der Waals surface area contributed by atoms with E-state index >= 15 is 0 Å². The fourth-order valence-electron chi connectivity index (χ4n) is 4.17. The first-order valence-corrected chi connectivity index (χ1v) is 18.1. The molecule has 0 aliphatic heterocycles. The summed E-state index contributed by atoms with van der Waals surface area (Å²) in [6.45, 7) is 12.1. The summed E-state index contributed by atoms with van der Waals surface area (Å²) in [6, 6.07) is 13.9. The molecular formula is C24H28SiZr. The van der Waals surface area contributed by atoms with Crippen molar-refractivity contribution < 1.29 is 22.4 Å². The Morgan fingerprint density at radius 3 is 2.35 bits per heavy atom. The van der Waals surface area contributed by atoms with Crippen LogP contribution in [0.4, 0.5) is 0 Å². The molecule has 0 unspecified atom stereocenters. The number of fused-ring (bicyclic) bond motifs is 3. The molecule has 2 aliphatic carbocycles. The number of allylic oxidation sites excluding steroid dienone is 4. The molecule has 2 aromatic carbocycles. The van der Waals surface area contributed by atoms with Crippen molar-refractivity contribution in [2.75, 3.05) is 0 Å². The number of rotatable bonds is 3. The molecule has 26 heavy (non-hydrogen) atoms. The van der Waals surface area contributed by atoms with Crippen LogP contribution in [0.2, 0.25) is 13.1 Å². The van der Waals surface area contributed by atoms with Gasteiger partial charge >= 0.3 is 171 Å². The van der Waals surface area contributed by atoms with Gasteiger partial charge in [-0.2, -0.15) is 0 Å². The van der Waals surface area contributed by atoms with Crippen LogP contribution in [0.3, 0.4) is 0 Å². The topological polar surface area (TPSA) is 0 Å². The van der Waals surface area contributed by atoms with Gasteiger partial charge in [-0.05, 0) is 0 Å². The third-order valence-corrected chi connectivity index (χ3v) is 14.2. The van der Waals surface area contributed by atoms with Crippen LogP contribution in [0.5, 0.6) is 0 Å². The van der Waals surface area contributed by atoms with E-state index in [9.17, 15) is 0 Å². The molecule has 0 radical (unpaired) electrons. The molecule has 0 fully saturated rings. The molecule has 0 nitrogen and oxygen atoms in total. The van der Waals surface area contributed by atoms with Crippen molar-refractivity contribution >= 4 is 14.8 Å². The van der Waals surface area contributed by atoms with E-state index in [2.05, 4.69) is 82.4 Å². The van der Waals surface area contributed by atoms with E-state index < -0.39 is 28.3 Å². The van der Waals surface area contributed by atoms with Crippen LogP contribution >= 0.6 is 0 Å². The molecule has 2 heteroatoms. The van der Waals surface area contributed by atoms with Crippen LogP contribution in [0, 0.1) is 5.41 Å². The summed E-state index contributed by atoms with van der Waals surface area (Å²) in [6.07, 6.45) is 7.22. The Hall–Kier alpha value is -0.980. The summed E-state index contributed by atoms with van der Waals surface area (Å²) in [5.41, 5.74) is 11.1. The molecule has 0 saturated carbocycles. The van der Waals surface area contributed by atoms with Crippen molar-refractivity contribution in [3.05, 3.63) is 70.8 Å². The minimum absolute atomic E-state index is 0.252. The Morgan fingerprint density at radius 2 is 1.65 bits per heavy atom. The second-order valence-electron chi connectivity index (χ2n) is 8.93. The second-order valence-corrected chi connectivity index (χ2v) is 23.4. The van der Waals surface area contributed by atoms with Gasteiger partial charge in [-0.1, -0.05) is 0 Å². The standard InChI is InChI=1S/C22H21.C2H7Si.Zr/c1-22(2,3)19-10-8-16(14-19)15-9-11-21-18(12-15)13-17-6-4-5-7-20(17)21;1-3-2;/h4-7,9-11,14H,8,13H2,1-3H3;3H,1-2H3;. The van der Waals surface area contributed by atoms with E-state index in [1.807, 2.05) is 3.27 Å². The fourth-order valence-corrected chi connectivity index (χ4v) is 12.9. The normalized spacial score (nSPS) is 15.6. The zero-order valence-corrected chi connectivity index (χ0v) is 20.2. The molecule has 2 aromatic rings. The number of hydrogen-bond donors (Lipinski definition) is 0. The van der Waals surface area contributed by atoms with E-state index in [1.54, 1.807) is 16.7 Å². The molecule has 0 bridgehead atoms. The summed E-state index contributed by atoms with van der Waals surface area (Å²) in [4.78, 5) is 0. The Balaban J connectivity index is 1.82. The summed E-state index contributed by atoms with van der Waals surface area (Å²) >= 11 is -0.477. The maximum absolute atomic E-state index is 2.55. The van der Waals surface area contributed by atoms with Gasteiger partial charge in [0, 0.05) is 0 Å². The predicted molar refractivity (Wildman–Crippen MR) is 113 cm³/mol. The molecule has 0 amide bonds. The molecule has 0 N–H and O–H groups in total. The molecule has 0 heterocycles. The quantitative estimate of drug-likeness (QED) is 0.462. The zero-order valence-electron chi connectivity index (χ0n) is 16.6. The Morgan fingerprint density at radius 1 is 0.923 bits per heavy atom. The third kappa shape index (κ3) is 3.32. The molecule has 2 aliphatic rings. The molecule has 0 atom stereocenters. The Bertz CT molecular complexity index is 926. The van der Waals surface area contributed by atoms with Crippen molar-refractivity contribution in [3.63, 3.8) is 0 Å². The summed E-state index contributed by atoms with van der Waals surface area (Å²) in [7, 11) is 0. The van der Waals surface area contributed by atoms with Gasteiger partial charge < -0.3 is 0 Å². The van der Waals surface area contributed by atoms with Crippen LogP contribution in [0.15, 0.2) is 54.1 Å². The minimum atomic E-state index is -0.524.